The monoisotopic (exact) mass is 202 g/mol. The molecule has 0 amide bonds. The highest BCUT2D eigenvalue weighted by atomic mass is 35.5. The maximum absolute atomic E-state index is 11.0. The molecule has 0 bridgehead atoms. The van der Waals surface area contributed by atoms with Gasteiger partial charge in [-0.3, -0.25) is 10.1 Å². The van der Waals surface area contributed by atoms with Crippen LogP contribution < -0.4 is 4.73 Å². The number of nitro groups is 1. The SMILES string of the molecule is Cc1c[n+]([O-])c(C)c(Cl)c1[N+](=O)[O-]. The van der Waals surface area contributed by atoms with Gasteiger partial charge in [-0.15, -0.1) is 0 Å². The van der Waals surface area contributed by atoms with Crippen LogP contribution in [0.15, 0.2) is 6.20 Å². The third-order valence-electron chi connectivity index (χ3n) is 1.72. The Labute approximate surface area is 79.3 Å². The molecule has 13 heavy (non-hydrogen) atoms. The van der Waals surface area contributed by atoms with Gasteiger partial charge in [-0.25, -0.2) is 0 Å². The lowest BCUT2D eigenvalue weighted by Crippen LogP contribution is -2.30. The van der Waals surface area contributed by atoms with E-state index in [0.717, 1.165) is 6.20 Å². The Kier molecular flexibility index (Phi) is 2.38. The van der Waals surface area contributed by atoms with E-state index in [1.807, 2.05) is 0 Å². The molecule has 0 saturated heterocycles. The molecule has 0 aliphatic heterocycles. The highest BCUT2D eigenvalue weighted by Gasteiger charge is 2.23. The van der Waals surface area contributed by atoms with Gasteiger partial charge in [-0.1, -0.05) is 11.6 Å². The van der Waals surface area contributed by atoms with Gasteiger partial charge in [0.15, 0.2) is 11.2 Å². The topological polar surface area (TPSA) is 70.1 Å². The molecule has 0 aromatic carbocycles. The minimum Gasteiger partial charge on any atom is -0.618 e. The number of pyridine rings is 1. The second-order valence-corrected chi connectivity index (χ2v) is 3.02. The molecule has 0 aliphatic carbocycles. The Morgan fingerprint density at radius 3 is 2.54 bits per heavy atom. The highest BCUT2D eigenvalue weighted by Crippen LogP contribution is 2.28. The molecule has 0 unspecified atom stereocenters. The molecule has 6 heteroatoms. The summed E-state index contributed by atoms with van der Waals surface area (Å²) < 4.78 is 0.519. The third-order valence-corrected chi connectivity index (χ3v) is 2.18. The van der Waals surface area contributed by atoms with Crippen molar-refractivity contribution in [1.82, 2.24) is 0 Å². The molecule has 1 aromatic rings. The van der Waals surface area contributed by atoms with Gasteiger partial charge in [0.05, 0.1) is 10.5 Å². The van der Waals surface area contributed by atoms with Crippen LogP contribution in [0.2, 0.25) is 5.02 Å². The minimum atomic E-state index is -0.593. The molecule has 0 radical (unpaired) electrons. The van der Waals surface area contributed by atoms with E-state index in [9.17, 15) is 15.3 Å². The summed E-state index contributed by atoms with van der Waals surface area (Å²) in [6.07, 6.45) is 1.14. The summed E-state index contributed by atoms with van der Waals surface area (Å²) in [5.41, 5.74) is 0.195. The van der Waals surface area contributed by atoms with Crippen LogP contribution in [-0.4, -0.2) is 4.92 Å². The van der Waals surface area contributed by atoms with Gasteiger partial charge >= 0.3 is 5.69 Å². The zero-order chi connectivity index (χ0) is 10.2. The summed E-state index contributed by atoms with van der Waals surface area (Å²) in [6, 6.07) is 0. The Morgan fingerprint density at radius 1 is 1.54 bits per heavy atom. The molecule has 1 rings (SSSR count). The van der Waals surface area contributed by atoms with Crippen molar-refractivity contribution in [1.29, 1.82) is 0 Å². The summed E-state index contributed by atoms with van der Waals surface area (Å²) in [4.78, 5) is 9.92. The van der Waals surface area contributed by atoms with E-state index in [-0.39, 0.29) is 22.0 Å². The van der Waals surface area contributed by atoms with Crippen LogP contribution in [0.25, 0.3) is 0 Å². The average Bonchev–Trinajstić information content (AvgIpc) is 1.99. The van der Waals surface area contributed by atoms with Gasteiger partial charge < -0.3 is 5.21 Å². The number of aromatic nitrogens is 1. The molecule has 0 saturated carbocycles. The molecule has 70 valence electrons. The van der Waals surface area contributed by atoms with Crippen molar-refractivity contribution in [3.8, 4) is 0 Å². The van der Waals surface area contributed by atoms with Crippen LogP contribution in [0.4, 0.5) is 5.69 Å². The summed E-state index contributed by atoms with van der Waals surface area (Å²) in [5, 5.41) is 21.5. The van der Waals surface area contributed by atoms with Crippen molar-refractivity contribution < 1.29 is 9.65 Å². The van der Waals surface area contributed by atoms with E-state index in [1.54, 1.807) is 0 Å². The van der Waals surface area contributed by atoms with Crippen LogP contribution in [0, 0.1) is 29.2 Å². The second kappa shape index (κ2) is 3.18. The molecule has 0 fully saturated rings. The Balaban J connectivity index is 3.53. The van der Waals surface area contributed by atoms with E-state index in [0.29, 0.717) is 4.73 Å². The number of rotatable bonds is 1. The fraction of sp³-hybridized carbons (Fsp3) is 0.286. The van der Waals surface area contributed by atoms with E-state index in [4.69, 9.17) is 11.6 Å². The van der Waals surface area contributed by atoms with Gasteiger partial charge in [0.25, 0.3) is 0 Å². The number of aryl methyl sites for hydroxylation is 1. The summed E-state index contributed by atoms with van der Waals surface area (Å²) >= 11 is 5.64. The van der Waals surface area contributed by atoms with Gasteiger partial charge in [0.1, 0.15) is 0 Å². The van der Waals surface area contributed by atoms with Gasteiger partial charge in [0.2, 0.25) is 5.69 Å². The lowest BCUT2D eigenvalue weighted by molar-refractivity contribution is -0.613. The normalized spacial score (nSPS) is 10.1. The highest BCUT2D eigenvalue weighted by molar-refractivity contribution is 6.33. The first-order chi connectivity index (χ1) is 5.95. The second-order valence-electron chi connectivity index (χ2n) is 2.64. The van der Waals surface area contributed by atoms with Crippen LogP contribution in [0.1, 0.15) is 11.3 Å². The average molecular weight is 203 g/mol. The van der Waals surface area contributed by atoms with Crippen molar-refractivity contribution >= 4 is 17.3 Å². The lowest BCUT2D eigenvalue weighted by Gasteiger charge is -2.04. The van der Waals surface area contributed by atoms with Crippen LogP contribution in [0.3, 0.4) is 0 Å². The summed E-state index contributed by atoms with van der Waals surface area (Å²) in [5.74, 6) is 0. The van der Waals surface area contributed by atoms with Crippen LogP contribution >= 0.6 is 11.6 Å². The van der Waals surface area contributed by atoms with Crippen molar-refractivity contribution in [3.63, 3.8) is 0 Å². The molecule has 1 aromatic heterocycles. The van der Waals surface area contributed by atoms with Crippen molar-refractivity contribution in [2.45, 2.75) is 13.8 Å². The van der Waals surface area contributed by atoms with Crippen molar-refractivity contribution in [3.05, 3.63) is 37.8 Å². The number of hydrogen-bond donors (Lipinski definition) is 0. The fourth-order valence-corrected chi connectivity index (χ4v) is 1.30. The quantitative estimate of drug-likeness (QED) is 0.300. The molecule has 0 N–H and O–H groups in total. The molecular formula is C7H7ClN2O3. The van der Waals surface area contributed by atoms with Crippen molar-refractivity contribution in [2.24, 2.45) is 0 Å². The van der Waals surface area contributed by atoms with E-state index in [2.05, 4.69) is 0 Å². The van der Waals surface area contributed by atoms with Crippen molar-refractivity contribution in [2.75, 3.05) is 0 Å². The predicted molar refractivity (Wildman–Crippen MR) is 46.5 cm³/mol. The van der Waals surface area contributed by atoms with E-state index in [1.165, 1.54) is 13.8 Å². The summed E-state index contributed by atoms with van der Waals surface area (Å²) in [7, 11) is 0. The van der Waals surface area contributed by atoms with E-state index < -0.39 is 4.92 Å². The molecule has 5 nitrogen and oxygen atoms in total. The minimum absolute atomic E-state index is 0.0972. The molecule has 1 heterocycles. The third kappa shape index (κ3) is 1.55. The van der Waals surface area contributed by atoms with Crippen LogP contribution in [-0.2, 0) is 0 Å². The first-order valence-electron chi connectivity index (χ1n) is 3.48. The fourth-order valence-electron chi connectivity index (χ4n) is 0.999. The van der Waals surface area contributed by atoms with Gasteiger partial charge in [-0.2, -0.15) is 4.73 Å². The predicted octanol–water partition coefficient (Wildman–Crippen LogP) is 1.50. The smallest absolute Gasteiger partial charge is 0.303 e. The number of halogens is 1. The Bertz CT molecular complexity index is 378. The largest absolute Gasteiger partial charge is 0.618 e. The maximum Gasteiger partial charge on any atom is 0.303 e. The first-order valence-corrected chi connectivity index (χ1v) is 3.86. The Hall–Kier alpha value is -1.36. The summed E-state index contributed by atoms with van der Waals surface area (Å²) in [6.45, 7) is 2.90. The molecular weight excluding hydrogens is 196 g/mol. The van der Waals surface area contributed by atoms with Crippen LogP contribution in [0.5, 0.6) is 0 Å². The van der Waals surface area contributed by atoms with E-state index >= 15 is 0 Å². The van der Waals surface area contributed by atoms with Gasteiger partial charge in [-0.05, 0) is 6.92 Å². The van der Waals surface area contributed by atoms with Gasteiger partial charge in [0, 0.05) is 6.92 Å². The lowest BCUT2D eigenvalue weighted by atomic mass is 10.2. The molecule has 0 spiro atoms. The molecule has 0 atom stereocenters. The Morgan fingerprint density at radius 2 is 2.08 bits per heavy atom. The molecule has 0 aliphatic rings. The first kappa shape index (κ1) is 9.73. The zero-order valence-electron chi connectivity index (χ0n) is 7.07. The maximum atomic E-state index is 11.0. The standard InChI is InChI=1S/C7H7ClN2O3/c1-4-3-9(11)5(2)6(8)7(4)10(12)13/h3H,1-2H3. The number of nitrogens with zero attached hydrogens (tertiary/aromatic N) is 2. The number of hydrogen-bond acceptors (Lipinski definition) is 3. The zero-order valence-corrected chi connectivity index (χ0v) is 7.83.